The maximum atomic E-state index is 9.36. The summed E-state index contributed by atoms with van der Waals surface area (Å²) < 4.78 is 2.05. The molecule has 1 aromatic rings. The molecule has 0 aromatic carbocycles. The number of aliphatic hydroxyl groups excluding tert-OH is 1. The van der Waals surface area contributed by atoms with Gasteiger partial charge in [-0.3, -0.25) is 0 Å². The Bertz CT molecular complexity index is 191. The summed E-state index contributed by atoms with van der Waals surface area (Å²) in [7, 11) is 0. The lowest BCUT2D eigenvalue weighted by Gasteiger charge is -2.19. The quantitative estimate of drug-likeness (QED) is 0.704. The number of rotatable bonds is 3. The van der Waals surface area contributed by atoms with Crippen molar-refractivity contribution < 1.29 is 5.11 Å². The Morgan fingerprint density at radius 1 is 1.36 bits per heavy atom. The smallest absolute Gasteiger partial charge is 0.0718 e. The number of hydrogen-bond donors (Lipinski definition) is 1. The third-order valence-electron chi connectivity index (χ3n) is 1.99. The van der Waals surface area contributed by atoms with Gasteiger partial charge in [-0.15, -0.1) is 0 Å². The highest BCUT2D eigenvalue weighted by Gasteiger charge is 2.12. The van der Waals surface area contributed by atoms with Crippen LogP contribution in [0.3, 0.4) is 0 Å². The summed E-state index contributed by atoms with van der Waals surface area (Å²) in [5.74, 6) is 0. The van der Waals surface area contributed by atoms with Crippen molar-refractivity contribution in [3.05, 3.63) is 24.5 Å². The average molecular weight is 153 g/mol. The Hall–Kier alpha value is -0.760. The highest BCUT2D eigenvalue weighted by atomic mass is 16.3. The number of aromatic nitrogens is 1. The predicted molar refractivity (Wildman–Crippen MR) is 45.4 cm³/mol. The summed E-state index contributed by atoms with van der Waals surface area (Å²) in [5, 5.41) is 9.36. The molecular formula is C9H15NO. The second-order valence-electron chi connectivity index (χ2n) is 2.85. The van der Waals surface area contributed by atoms with E-state index in [2.05, 4.69) is 6.92 Å². The standard InChI is InChI=1S/C9H15NO/c1-3-9(8(2)11)10-6-4-5-7-10/h4-9,11H,3H2,1-2H3. The molecule has 1 N–H and O–H groups in total. The van der Waals surface area contributed by atoms with Crippen LogP contribution in [0.15, 0.2) is 24.5 Å². The molecular weight excluding hydrogens is 138 g/mol. The summed E-state index contributed by atoms with van der Waals surface area (Å²) in [6.45, 7) is 3.91. The molecule has 0 spiro atoms. The lowest BCUT2D eigenvalue weighted by atomic mass is 10.1. The summed E-state index contributed by atoms with van der Waals surface area (Å²) in [6.07, 6.45) is 4.67. The van der Waals surface area contributed by atoms with Crippen LogP contribution in [0, 0.1) is 0 Å². The fourth-order valence-electron chi connectivity index (χ4n) is 1.37. The van der Waals surface area contributed by atoms with Gasteiger partial charge in [-0.05, 0) is 25.5 Å². The molecule has 0 aliphatic carbocycles. The van der Waals surface area contributed by atoms with E-state index in [9.17, 15) is 5.11 Å². The SMILES string of the molecule is CCC(C(C)O)n1cccc1. The molecule has 62 valence electrons. The van der Waals surface area contributed by atoms with Crippen molar-refractivity contribution in [2.75, 3.05) is 0 Å². The van der Waals surface area contributed by atoms with Crippen molar-refractivity contribution >= 4 is 0 Å². The molecule has 0 aliphatic rings. The zero-order valence-corrected chi connectivity index (χ0v) is 7.07. The zero-order chi connectivity index (χ0) is 8.27. The molecule has 0 saturated carbocycles. The predicted octanol–water partition coefficient (Wildman–Crippen LogP) is 1.82. The van der Waals surface area contributed by atoms with E-state index < -0.39 is 0 Å². The van der Waals surface area contributed by atoms with Gasteiger partial charge in [0, 0.05) is 12.4 Å². The van der Waals surface area contributed by atoms with E-state index in [1.54, 1.807) is 0 Å². The first kappa shape index (κ1) is 8.34. The van der Waals surface area contributed by atoms with Crippen molar-refractivity contribution in [3.8, 4) is 0 Å². The number of hydrogen-bond acceptors (Lipinski definition) is 1. The molecule has 0 radical (unpaired) electrons. The van der Waals surface area contributed by atoms with Crippen LogP contribution in [0.1, 0.15) is 26.3 Å². The van der Waals surface area contributed by atoms with Gasteiger partial charge < -0.3 is 9.67 Å². The van der Waals surface area contributed by atoms with Crippen molar-refractivity contribution in [1.29, 1.82) is 0 Å². The van der Waals surface area contributed by atoms with Gasteiger partial charge in [0.1, 0.15) is 0 Å². The molecule has 2 unspecified atom stereocenters. The lowest BCUT2D eigenvalue weighted by molar-refractivity contribution is 0.127. The van der Waals surface area contributed by atoms with E-state index >= 15 is 0 Å². The van der Waals surface area contributed by atoms with E-state index in [1.807, 2.05) is 36.0 Å². The van der Waals surface area contributed by atoms with Gasteiger partial charge in [-0.1, -0.05) is 6.92 Å². The van der Waals surface area contributed by atoms with Gasteiger partial charge in [-0.2, -0.15) is 0 Å². The molecule has 0 amide bonds. The summed E-state index contributed by atoms with van der Waals surface area (Å²) in [5.41, 5.74) is 0. The third-order valence-corrected chi connectivity index (χ3v) is 1.99. The van der Waals surface area contributed by atoms with E-state index in [4.69, 9.17) is 0 Å². The summed E-state index contributed by atoms with van der Waals surface area (Å²) >= 11 is 0. The van der Waals surface area contributed by atoms with E-state index in [0.717, 1.165) is 6.42 Å². The molecule has 1 heterocycles. The molecule has 11 heavy (non-hydrogen) atoms. The first-order valence-corrected chi connectivity index (χ1v) is 4.06. The van der Waals surface area contributed by atoms with Gasteiger partial charge >= 0.3 is 0 Å². The molecule has 2 heteroatoms. The van der Waals surface area contributed by atoms with E-state index in [0.29, 0.717) is 0 Å². The number of nitrogens with zero attached hydrogens (tertiary/aromatic N) is 1. The normalized spacial score (nSPS) is 16.3. The highest BCUT2D eigenvalue weighted by Crippen LogP contribution is 2.15. The fourth-order valence-corrected chi connectivity index (χ4v) is 1.37. The first-order chi connectivity index (χ1) is 5.25. The molecule has 0 fully saturated rings. The molecule has 1 aromatic heterocycles. The minimum Gasteiger partial charge on any atom is -0.391 e. The van der Waals surface area contributed by atoms with Crippen molar-refractivity contribution in [1.82, 2.24) is 4.57 Å². The van der Waals surface area contributed by atoms with Crippen LogP contribution in [-0.2, 0) is 0 Å². The molecule has 0 bridgehead atoms. The van der Waals surface area contributed by atoms with Gasteiger partial charge in [0.15, 0.2) is 0 Å². The molecule has 2 nitrogen and oxygen atoms in total. The fraction of sp³-hybridized carbons (Fsp3) is 0.556. The molecule has 0 saturated heterocycles. The minimum atomic E-state index is -0.271. The van der Waals surface area contributed by atoms with Gasteiger partial charge in [0.25, 0.3) is 0 Å². The largest absolute Gasteiger partial charge is 0.391 e. The third kappa shape index (κ3) is 1.84. The van der Waals surface area contributed by atoms with Gasteiger partial charge in [-0.25, -0.2) is 0 Å². The molecule has 2 atom stereocenters. The van der Waals surface area contributed by atoms with Crippen LogP contribution < -0.4 is 0 Å². The van der Waals surface area contributed by atoms with E-state index in [1.165, 1.54) is 0 Å². The Morgan fingerprint density at radius 2 is 1.91 bits per heavy atom. The monoisotopic (exact) mass is 153 g/mol. The summed E-state index contributed by atoms with van der Waals surface area (Å²) in [6, 6.07) is 4.18. The van der Waals surface area contributed by atoms with Crippen molar-refractivity contribution in [2.24, 2.45) is 0 Å². The molecule has 0 aliphatic heterocycles. The van der Waals surface area contributed by atoms with E-state index in [-0.39, 0.29) is 12.1 Å². The Morgan fingerprint density at radius 3 is 2.27 bits per heavy atom. The van der Waals surface area contributed by atoms with Crippen molar-refractivity contribution in [3.63, 3.8) is 0 Å². The second kappa shape index (κ2) is 3.58. The second-order valence-corrected chi connectivity index (χ2v) is 2.85. The van der Waals surface area contributed by atoms with Crippen LogP contribution >= 0.6 is 0 Å². The maximum Gasteiger partial charge on any atom is 0.0718 e. The van der Waals surface area contributed by atoms with Crippen LogP contribution in [0.2, 0.25) is 0 Å². The van der Waals surface area contributed by atoms with Gasteiger partial charge in [0.2, 0.25) is 0 Å². The first-order valence-electron chi connectivity index (χ1n) is 4.06. The van der Waals surface area contributed by atoms with Crippen LogP contribution in [-0.4, -0.2) is 15.8 Å². The zero-order valence-electron chi connectivity index (χ0n) is 7.07. The average Bonchev–Trinajstić information content (AvgIpc) is 2.40. The minimum absolute atomic E-state index is 0.227. The van der Waals surface area contributed by atoms with Crippen LogP contribution in [0.5, 0.6) is 0 Å². The van der Waals surface area contributed by atoms with Crippen molar-refractivity contribution in [2.45, 2.75) is 32.4 Å². The lowest BCUT2D eigenvalue weighted by Crippen LogP contribution is -2.19. The Balaban J connectivity index is 2.71. The Labute approximate surface area is 67.5 Å². The maximum absolute atomic E-state index is 9.36. The van der Waals surface area contributed by atoms with Crippen LogP contribution in [0.25, 0.3) is 0 Å². The molecule has 1 rings (SSSR count). The van der Waals surface area contributed by atoms with Crippen LogP contribution in [0.4, 0.5) is 0 Å². The summed E-state index contributed by atoms with van der Waals surface area (Å²) in [4.78, 5) is 0. The number of aliphatic hydroxyl groups is 1. The Kier molecular flexibility index (Phi) is 2.71. The topological polar surface area (TPSA) is 25.2 Å². The van der Waals surface area contributed by atoms with Gasteiger partial charge in [0.05, 0.1) is 12.1 Å². The highest BCUT2D eigenvalue weighted by molar-refractivity contribution is 4.93.